The molecule has 28 heavy (non-hydrogen) atoms. The van der Waals surface area contributed by atoms with Gasteiger partial charge in [0.2, 0.25) is 11.6 Å². The van der Waals surface area contributed by atoms with Gasteiger partial charge in [-0.15, -0.1) is 0 Å². The van der Waals surface area contributed by atoms with Crippen molar-refractivity contribution in [2.24, 2.45) is 7.05 Å². The SMILES string of the molecule is [C-]#[N+]c1c(-c2ccc(-c3ccccc3C#N)cc2)c(C(=O)OCC)n(C)c1F. The van der Waals surface area contributed by atoms with Crippen molar-refractivity contribution in [2.45, 2.75) is 6.92 Å². The zero-order valence-corrected chi connectivity index (χ0v) is 15.4. The van der Waals surface area contributed by atoms with Gasteiger partial charge in [-0.3, -0.25) is 0 Å². The van der Waals surface area contributed by atoms with Crippen molar-refractivity contribution in [2.75, 3.05) is 6.61 Å². The third-order valence-corrected chi connectivity index (χ3v) is 4.41. The Morgan fingerprint density at radius 2 is 1.86 bits per heavy atom. The molecular weight excluding hydrogens is 357 g/mol. The lowest BCUT2D eigenvalue weighted by Gasteiger charge is -2.09. The van der Waals surface area contributed by atoms with Crippen LogP contribution in [0.5, 0.6) is 0 Å². The molecule has 0 atom stereocenters. The lowest BCUT2D eigenvalue weighted by Crippen LogP contribution is -2.11. The number of nitriles is 1. The Morgan fingerprint density at radius 1 is 1.21 bits per heavy atom. The zero-order valence-electron chi connectivity index (χ0n) is 15.4. The van der Waals surface area contributed by atoms with E-state index < -0.39 is 11.9 Å². The molecule has 2 aromatic carbocycles. The van der Waals surface area contributed by atoms with Crippen LogP contribution in [0.4, 0.5) is 10.1 Å². The molecule has 6 heteroatoms. The van der Waals surface area contributed by atoms with E-state index in [4.69, 9.17) is 11.3 Å². The van der Waals surface area contributed by atoms with Crippen LogP contribution in [-0.4, -0.2) is 17.1 Å². The third-order valence-electron chi connectivity index (χ3n) is 4.41. The fourth-order valence-electron chi connectivity index (χ4n) is 3.10. The van der Waals surface area contributed by atoms with Crippen molar-refractivity contribution in [3.63, 3.8) is 0 Å². The summed E-state index contributed by atoms with van der Waals surface area (Å²) >= 11 is 0. The van der Waals surface area contributed by atoms with Crippen LogP contribution in [0.1, 0.15) is 23.0 Å². The second kappa shape index (κ2) is 7.77. The van der Waals surface area contributed by atoms with Crippen LogP contribution >= 0.6 is 0 Å². The summed E-state index contributed by atoms with van der Waals surface area (Å²) in [5, 5.41) is 9.28. The normalized spacial score (nSPS) is 10.2. The van der Waals surface area contributed by atoms with Gasteiger partial charge in [-0.2, -0.15) is 5.26 Å². The quantitative estimate of drug-likeness (QED) is 0.472. The second-order valence-electron chi connectivity index (χ2n) is 5.99. The smallest absolute Gasteiger partial charge is 0.354 e. The molecule has 3 aromatic rings. The van der Waals surface area contributed by atoms with Gasteiger partial charge in [-0.25, -0.2) is 14.0 Å². The number of esters is 1. The van der Waals surface area contributed by atoms with E-state index in [1.165, 1.54) is 7.05 Å². The molecule has 0 amide bonds. The predicted octanol–water partition coefficient (Wildman–Crippen LogP) is 5.10. The molecule has 0 saturated carbocycles. The molecule has 0 bridgehead atoms. The summed E-state index contributed by atoms with van der Waals surface area (Å²) in [6.07, 6.45) is 0. The number of carbonyl (C=O) groups is 1. The van der Waals surface area contributed by atoms with Crippen molar-refractivity contribution >= 4 is 11.7 Å². The highest BCUT2D eigenvalue weighted by atomic mass is 19.1. The number of benzene rings is 2. The van der Waals surface area contributed by atoms with E-state index in [1.54, 1.807) is 43.3 Å². The third kappa shape index (κ3) is 3.13. The van der Waals surface area contributed by atoms with E-state index in [0.29, 0.717) is 11.1 Å². The van der Waals surface area contributed by atoms with Crippen molar-refractivity contribution in [3.05, 3.63) is 77.2 Å². The van der Waals surface area contributed by atoms with Gasteiger partial charge in [0.25, 0.3) is 0 Å². The standard InChI is InChI=1S/C22H16FN3O2/c1-4-28-22(27)20-18(19(25-2)21(23)26(20)3)15-11-9-14(10-12-15)17-8-6-5-7-16(17)13-24/h5-12H,4H2,1,3H3. The Labute approximate surface area is 162 Å². The number of ether oxygens (including phenoxy) is 1. The summed E-state index contributed by atoms with van der Waals surface area (Å²) < 4.78 is 20.6. The Bertz CT molecular complexity index is 1130. The summed E-state index contributed by atoms with van der Waals surface area (Å²) in [4.78, 5) is 15.6. The highest BCUT2D eigenvalue weighted by molar-refractivity contribution is 6.01. The minimum atomic E-state index is -0.785. The van der Waals surface area contributed by atoms with Gasteiger partial charge in [0.1, 0.15) is 5.69 Å². The molecule has 0 aliphatic heterocycles. The number of rotatable bonds is 4. The lowest BCUT2D eigenvalue weighted by molar-refractivity contribution is 0.0514. The monoisotopic (exact) mass is 373 g/mol. The molecule has 0 unspecified atom stereocenters. The van der Waals surface area contributed by atoms with Gasteiger partial charge in [-0.05, 0) is 29.7 Å². The average Bonchev–Trinajstić information content (AvgIpc) is 2.98. The van der Waals surface area contributed by atoms with Crippen molar-refractivity contribution in [1.29, 1.82) is 5.26 Å². The van der Waals surface area contributed by atoms with E-state index in [2.05, 4.69) is 10.9 Å². The number of halogens is 1. The lowest BCUT2D eigenvalue weighted by atomic mass is 9.97. The fraction of sp³-hybridized carbons (Fsp3) is 0.136. The molecule has 0 saturated heterocycles. The van der Waals surface area contributed by atoms with E-state index in [9.17, 15) is 14.4 Å². The molecule has 0 aliphatic carbocycles. The van der Waals surface area contributed by atoms with E-state index >= 15 is 0 Å². The zero-order chi connectivity index (χ0) is 20.3. The topological polar surface area (TPSA) is 59.4 Å². The summed E-state index contributed by atoms with van der Waals surface area (Å²) in [5.74, 6) is -1.47. The molecule has 138 valence electrons. The van der Waals surface area contributed by atoms with E-state index in [1.807, 2.05) is 12.1 Å². The maximum atomic E-state index is 14.5. The highest BCUT2D eigenvalue weighted by Gasteiger charge is 2.28. The van der Waals surface area contributed by atoms with Gasteiger partial charge in [-0.1, -0.05) is 42.5 Å². The molecule has 5 nitrogen and oxygen atoms in total. The van der Waals surface area contributed by atoms with E-state index in [0.717, 1.165) is 15.7 Å². The van der Waals surface area contributed by atoms with Crippen LogP contribution in [0.3, 0.4) is 0 Å². The molecule has 0 N–H and O–H groups in total. The van der Waals surface area contributed by atoms with Crippen LogP contribution in [0.2, 0.25) is 0 Å². The highest BCUT2D eigenvalue weighted by Crippen LogP contribution is 2.39. The fourth-order valence-corrected chi connectivity index (χ4v) is 3.10. The summed E-state index contributed by atoms with van der Waals surface area (Å²) in [5.41, 5.74) is 2.60. The number of carbonyl (C=O) groups excluding carboxylic acids is 1. The minimum absolute atomic E-state index is 0.00414. The first-order valence-electron chi connectivity index (χ1n) is 8.56. The van der Waals surface area contributed by atoms with Crippen LogP contribution < -0.4 is 0 Å². The van der Waals surface area contributed by atoms with Gasteiger partial charge >= 0.3 is 5.97 Å². The summed E-state index contributed by atoms with van der Waals surface area (Å²) in [7, 11) is 1.39. The Hall–Kier alpha value is -3.90. The van der Waals surface area contributed by atoms with Crippen molar-refractivity contribution < 1.29 is 13.9 Å². The first-order chi connectivity index (χ1) is 13.5. The number of nitrogens with zero attached hydrogens (tertiary/aromatic N) is 3. The van der Waals surface area contributed by atoms with Crippen LogP contribution in [-0.2, 0) is 11.8 Å². The maximum Gasteiger partial charge on any atom is 0.354 e. The molecule has 0 radical (unpaired) electrons. The molecule has 0 spiro atoms. The molecule has 1 heterocycles. The van der Waals surface area contributed by atoms with Crippen LogP contribution in [0, 0.1) is 23.9 Å². The molecule has 0 aliphatic rings. The van der Waals surface area contributed by atoms with Crippen molar-refractivity contribution in [3.8, 4) is 28.3 Å². The minimum Gasteiger partial charge on any atom is -0.461 e. The van der Waals surface area contributed by atoms with Crippen molar-refractivity contribution in [1.82, 2.24) is 4.57 Å². The molecule has 1 aromatic heterocycles. The van der Waals surface area contributed by atoms with Gasteiger partial charge in [0.05, 0.1) is 24.8 Å². The van der Waals surface area contributed by atoms with Gasteiger partial charge in [0, 0.05) is 12.6 Å². The van der Waals surface area contributed by atoms with Gasteiger partial charge in [0.15, 0.2) is 0 Å². The summed E-state index contributed by atoms with van der Waals surface area (Å²) in [6, 6.07) is 16.3. The maximum absolute atomic E-state index is 14.5. The van der Waals surface area contributed by atoms with Crippen LogP contribution in [0.15, 0.2) is 48.5 Å². The number of hydrogen-bond acceptors (Lipinski definition) is 3. The molecule has 0 fully saturated rings. The first-order valence-corrected chi connectivity index (χ1v) is 8.56. The predicted molar refractivity (Wildman–Crippen MR) is 103 cm³/mol. The Kier molecular flexibility index (Phi) is 5.24. The summed E-state index contributed by atoms with van der Waals surface area (Å²) in [6.45, 7) is 9.14. The number of hydrogen-bond donors (Lipinski definition) is 0. The Balaban J connectivity index is 2.15. The van der Waals surface area contributed by atoms with Gasteiger partial charge < -0.3 is 9.30 Å². The molecular formula is C22H16FN3O2. The Morgan fingerprint density at radius 3 is 2.46 bits per heavy atom. The van der Waals surface area contributed by atoms with Crippen LogP contribution in [0.25, 0.3) is 27.1 Å². The first kappa shape index (κ1) is 18.9. The largest absolute Gasteiger partial charge is 0.461 e. The average molecular weight is 373 g/mol. The molecule has 3 rings (SSSR count). The second-order valence-corrected chi connectivity index (χ2v) is 5.99. The van der Waals surface area contributed by atoms with E-state index in [-0.39, 0.29) is 23.6 Å². The number of aromatic nitrogens is 1.